The van der Waals surface area contributed by atoms with Crippen LogP contribution in [-0.4, -0.2) is 68.3 Å². The first-order valence-electron chi connectivity index (χ1n) is 12.3. The van der Waals surface area contributed by atoms with Crippen LogP contribution in [0.3, 0.4) is 0 Å². The van der Waals surface area contributed by atoms with Crippen molar-refractivity contribution in [1.82, 2.24) is 29.9 Å². The Bertz CT molecular complexity index is 1270. The number of hydrogen-bond donors (Lipinski definition) is 1. The molecule has 0 atom stereocenters. The fourth-order valence-corrected chi connectivity index (χ4v) is 4.96. The number of rotatable bonds is 5. The molecule has 0 aliphatic carbocycles. The van der Waals surface area contributed by atoms with Gasteiger partial charge in [0.05, 0.1) is 23.0 Å². The van der Waals surface area contributed by atoms with E-state index >= 15 is 0 Å². The molecule has 9 nitrogen and oxygen atoms in total. The number of nitrogens with one attached hydrogen (secondary N) is 1. The van der Waals surface area contributed by atoms with Gasteiger partial charge in [-0.3, -0.25) is 19.3 Å². The zero-order valence-corrected chi connectivity index (χ0v) is 21.2. The Morgan fingerprint density at radius 3 is 2.56 bits per heavy atom. The predicted molar refractivity (Wildman–Crippen MR) is 135 cm³/mol. The highest BCUT2D eigenvalue weighted by molar-refractivity contribution is 5.99. The van der Waals surface area contributed by atoms with E-state index in [-0.39, 0.29) is 11.8 Å². The number of benzene rings is 1. The number of fused-ring (bicyclic) bond motifs is 1. The Morgan fingerprint density at radius 2 is 1.92 bits per heavy atom. The van der Waals surface area contributed by atoms with Gasteiger partial charge < -0.3 is 19.9 Å². The van der Waals surface area contributed by atoms with Crippen LogP contribution < -0.4 is 10.1 Å². The van der Waals surface area contributed by atoms with E-state index in [1.165, 1.54) is 0 Å². The highest BCUT2D eigenvalue weighted by Gasteiger charge is 2.47. The summed E-state index contributed by atoms with van der Waals surface area (Å²) in [5.41, 5.74) is 2.81. The summed E-state index contributed by atoms with van der Waals surface area (Å²) >= 11 is 0. The van der Waals surface area contributed by atoms with E-state index in [2.05, 4.69) is 34.1 Å². The number of amides is 2. The summed E-state index contributed by atoms with van der Waals surface area (Å²) in [6.07, 6.45) is 6.68. The topological polar surface area (TPSA) is 92.6 Å². The van der Waals surface area contributed by atoms with Crippen LogP contribution in [0, 0.1) is 0 Å². The number of nitrogens with zero attached hydrogens (tertiary/aromatic N) is 5. The van der Waals surface area contributed by atoms with E-state index in [1.807, 2.05) is 38.5 Å². The van der Waals surface area contributed by atoms with Gasteiger partial charge in [0.25, 0.3) is 11.8 Å². The fourth-order valence-electron chi connectivity index (χ4n) is 4.96. The number of aryl methyl sites for hydroxylation is 1. The maximum Gasteiger partial charge on any atom is 0.260 e. The summed E-state index contributed by atoms with van der Waals surface area (Å²) < 4.78 is 8.17. The van der Waals surface area contributed by atoms with Gasteiger partial charge in [0.1, 0.15) is 5.75 Å². The second kappa shape index (κ2) is 9.39. The maximum atomic E-state index is 13.4. The van der Waals surface area contributed by atoms with E-state index in [0.29, 0.717) is 35.2 Å². The lowest BCUT2D eigenvalue weighted by Crippen LogP contribution is -2.62. The smallest absolute Gasteiger partial charge is 0.260 e. The summed E-state index contributed by atoms with van der Waals surface area (Å²) in [6.45, 7) is 6.58. The van der Waals surface area contributed by atoms with Crippen molar-refractivity contribution >= 4 is 11.8 Å². The van der Waals surface area contributed by atoms with Crippen molar-refractivity contribution in [3.05, 3.63) is 65.6 Å². The molecule has 2 amide bonds. The van der Waals surface area contributed by atoms with E-state index in [1.54, 1.807) is 34.1 Å². The summed E-state index contributed by atoms with van der Waals surface area (Å²) in [4.78, 5) is 34.5. The van der Waals surface area contributed by atoms with Crippen molar-refractivity contribution in [3.8, 4) is 17.0 Å². The third kappa shape index (κ3) is 4.46. The molecule has 1 aromatic carbocycles. The van der Waals surface area contributed by atoms with E-state index in [4.69, 9.17) is 4.74 Å². The van der Waals surface area contributed by atoms with Crippen LogP contribution in [0.1, 0.15) is 53.0 Å². The third-order valence-electron chi connectivity index (χ3n) is 7.27. The van der Waals surface area contributed by atoms with Crippen molar-refractivity contribution < 1.29 is 14.3 Å². The molecule has 2 aliphatic heterocycles. The predicted octanol–water partition coefficient (Wildman–Crippen LogP) is 3.08. The van der Waals surface area contributed by atoms with Gasteiger partial charge in [0.2, 0.25) is 0 Å². The van der Waals surface area contributed by atoms with Gasteiger partial charge in [-0.05, 0) is 44.2 Å². The van der Waals surface area contributed by atoms with Gasteiger partial charge in [0.15, 0.2) is 5.72 Å². The molecule has 1 fully saturated rings. The van der Waals surface area contributed by atoms with Crippen molar-refractivity contribution in [1.29, 1.82) is 0 Å². The molecule has 0 unspecified atom stereocenters. The van der Waals surface area contributed by atoms with Gasteiger partial charge >= 0.3 is 0 Å². The Balaban J connectivity index is 1.30. The lowest BCUT2D eigenvalue weighted by Gasteiger charge is -2.50. The molecule has 2 aromatic heterocycles. The lowest BCUT2D eigenvalue weighted by atomic mass is 9.93. The van der Waals surface area contributed by atoms with E-state index in [9.17, 15) is 9.59 Å². The van der Waals surface area contributed by atoms with Crippen LogP contribution in [0.4, 0.5) is 0 Å². The molecule has 0 saturated carbocycles. The first-order chi connectivity index (χ1) is 17.3. The second-order valence-corrected chi connectivity index (χ2v) is 9.89. The fraction of sp³-hybridized carbons (Fsp3) is 0.407. The second-order valence-electron chi connectivity index (χ2n) is 9.89. The summed E-state index contributed by atoms with van der Waals surface area (Å²) in [6, 6.07) is 9.62. The highest BCUT2D eigenvalue weighted by Crippen LogP contribution is 2.40. The third-order valence-corrected chi connectivity index (χ3v) is 7.27. The number of piperidine rings is 1. The maximum absolute atomic E-state index is 13.4. The molecule has 36 heavy (non-hydrogen) atoms. The number of ether oxygens (including phenoxy) is 1. The SMILES string of the molecule is CC(C)N1CCC2(CC1)Oc1ccc(-c3ccc(C(=O)NCc4cnn(C)c4)cn3)cc1C(=O)N2C. The average Bonchev–Trinajstić information content (AvgIpc) is 3.31. The summed E-state index contributed by atoms with van der Waals surface area (Å²) in [5, 5.41) is 6.98. The van der Waals surface area contributed by atoms with E-state index < -0.39 is 5.72 Å². The van der Waals surface area contributed by atoms with Crippen LogP contribution in [0.2, 0.25) is 0 Å². The molecule has 0 radical (unpaired) electrons. The molecule has 0 bridgehead atoms. The molecule has 3 aromatic rings. The minimum atomic E-state index is -0.597. The Labute approximate surface area is 211 Å². The van der Waals surface area contributed by atoms with Crippen molar-refractivity contribution in [2.45, 2.75) is 45.0 Å². The molecule has 188 valence electrons. The molecule has 5 rings (SSSR count). The quantitative estimate of drug-likeness (QED) is 0.593. The monoisotopic (exact) mass is 488 g/mol. The van der Waals surface area contributed by atoms with Crippen LogP contribution in [0.5, 0.6) is 5.75 Å². The zero-order chi connectivity index (χ0) is 25.4. The van der Waals surface area contributed by atoms with Crippen molar-refractivity contribution in [2.24, 2.45) is 7.05 Å². The summed E-state index contributed by atoms with van der Waals surface area (Å²) in [5.74, 6) is 0.371. The Hall–Kier alpha value is -3.72. The summed E-state index contributed by atoms with van der Waals surface area (Å²) in [7, 11) is 3.67. The first-order valence-corrected chi connectivity index (χ1v) is 12.3. The van der Waals surface area contributed by atoms with Gasteiger partial charge in [-0.2, -0.15) is 5.10 Å². The lowest BCUT2D eigenvalue weighted by molar-refractivity contribution is -0.104. The van der Waals surface area contributed by atoms with Gasteiger partial charge in [0, 0.05) is 76.1 Å². The molecular weight excluding hydrogens is 456 g/mol. The van der Waals surface area contributed by atoms with Crippen molar-refractivity contribution in [2.75, 3.05) is 20.1 Å². The molecule has 1 saturated heterocycles. The average molecular weight is 489 g/mol. The molecule has 9 heteroatoms. The number of hydrogen-bond acceptors (Lipinski definition) is 6. The Kier molecular flexibility index (Phi) is 6.26. The number of aromatic nitrogens is 3. The molecular formula is C27H32N6O3. The number of likely N-dealkylation sites (tertiary alicyclic amines) is 1. The van der Waals surface area contributed by atoms with Gasteiger partial charge in [-0.1, -0.05) is 0 Å². The van der Waals surface area contributed by atoms with Crippen LogP contribution >= 0.6 is 0 Å². The minimum absolute atomic E-state index is 0.0394. The minimum Gasteiger partial charge on any atom is -0.467 e. The first kappa shape index (κ1) is 24.0. The normalized spacial score (nSPS) is 17.2. The molecule has 4 heterocycles. The largest absolute Gasteiger partial charge is 0.467 e. The zero-order valence-electron chi connectivity index (χ0n) is 21.2. The van der Waals surface area contributed by atoms with Crippen LogP contribution in [0.25, 0.3) is 11.3 Å². The number of carbonyl (C=O) groups is 2. The Morgan fingerprint density at radius 1 is 1.14 bits per heavy atom. The molecule has 2 aliphatic rings. The van der Waals surface area contributed by atoms with Gasteiger partial charge in [-0.25, -0.2) is 0 Å². The van der Waals surface area contributed by atoms with Crippen LogP contribution in [0.15, 0.2) is 48.9 Å². The van der Waals surface area contributed by atoms with Crippen LogP contribution in [-0.2, 0) is 13.6 Å². The van der Waals surface area contributed by atoms with Gasteiger partial charge in [-0.15, -0.1) is 0 Å². The van der Waals surface area contributed by atoms with E-state index in [0.717, 1.165) is 37.1 Å². The highest BCUT2D eigenvalue weighted by atomic mass is 16.5. The standard InChI is InChI=1S/C27H32N6O3/c1-18(2)33-11-9-27(10-12-33)32(4)26(35)22-13-20(6-8-24(22)36-27)23-7-5-21(16-28-23)25(34)29-14-19-15-30-31(3)17-19/h5-8,13,15-18H,9-12,14H2,1-4H3,(H,29,34). The van der Waals surface area contributed by atoms with Crippen molar-refractivity contribution in [3.63, 3.8) is 0 Å². The molecule has 1 spiro atoms. The molecule has 1 N–H and O–H groups in total. The number of carbonyl (C=O) groups excluding carboxylic acids is 2. The number of pyridine rings is 1.